The number of benzene rings is 1. The SMILES string of the molecule is CCCN1CCC(CNC(=NC)NCC(c2ccccc2OC)N2CCCC2)C1.I. The predicted molar refractivity (Wildman–Crippen MR) is 136 cm³/mol. The molecule has 2 heterocycles. The zero-order chi connectivity index (χ0) is 20.5. The molecule has 2 fully saturated rings. The number of rotatable bonds is 9. The van der Waals surface area contributed by atoms with E-state index in [9.17, 15) is 0 Å². The lowest BCUT2D eigenvalue weighted by molar-refractivity contribution is 0.239. The summed E-state index contributed by atoms with van der Waals surface area (Å²) in [6.07, 6.45) is 5.06. The Bertz CT molecular complexity index is 650. The molecule has 0 amide bonds. The van der Waals surface area contributed by atoms with Gasteiger partial charge in [0.25, 0.3) is 0 Å². The molecule has 1 aromatic rings. The molecule has 0 spiro atoms. The Balaban J connectivity index is 0.00000320. The van der Waals surface area contributed by atoms with Crippen molar-refractivity contribution in [2.45, 2.75) is 38.6 Å². The maximum atomic E-state index is 5.66. The van der Waals surface area contributed by atoms with Crippen LogP contribution in [0.3, 0.4) is 0 Å². The van der Waals surface area contributed by atoms with Gasteiger partial charge in [0.1, 0.15) is 5.75 Å². The fourth-order valence-electron chi connectivity index (χ4n) is 4.68. The summed E-state index contributed by atoms with van der Waals surface area (Å²) in [4.78, 5) is 9.61. The first-order valence-electron chi connectivity index (χ1n) is 11.3. The van der Waals surface area contributed by atoms with Crippen molar-refractivity contribution in [1.82, 2.24) is 20.4 Å². The Kier molecular flexibility index (Phi) is 11.2. The summed E-state index contributed by atoms with van der Waals surface area (Å²) in [5.74, 6) is 2.58. The van der Waals surface area contributed by atoms with E-state index in [0.29, 0.717) is 12.0 Å². The van der Waals surface area contributed by atoms with Crippen LogP contribution < -0.4 is 15.4 Å². The Morgan fingerprint density at radius 2 is 1.97 bits per heavy atom. The lowest BCUT2D eigenvalue weighted by Gasteiger charge is -2.30. The number of methoxy groups -OCH3 is 1. The quantitative estimate of drug-likeness (QED) is 0.292. The fourth-order valence-corrected chi connectivity index (χ4v) is 4.68. The molecule has 7 heteroatoms. The Labute approximate surface area is 199 Å². The highest BCUT2D eigenvalue weighted by Crippen LogP contribution is 2.31. The van der Waals surface area contributed by atoms with Crippen molar-refractivity contribution < 1.29 is 4.74 Å². The lowest BCUT2D eigenvalue weighted by Crippen LogP contribution is -2.44. The van der Waals surface area contributed by atoms with Crippen molar-refractivity contribution in [3.63, 3.8) is 0 Å². The molecule has 2 saturated heterocycles. The number of halogens is 1. The van der Waals surface area contributed by atoms with Gasteiger partial charge in [0, 0.05) is 32.2 Å². The van der Waals surface area contributed by atoms with Crippen LogP contribution in [0.15, 0.2) is 29.3 Å². The van der Waals surface area contributed by atoms with Gasteiger partial charge < -0.3 is 20.3 Å². The Morgan fingerprint density at radius 3 is 2.67 bits per heavy atom. The van der Waals surface area contributed by atoms with Gasteiger partial charge in [-0.2, -0.15) is 0 Å². The van der Waals surface area contributed by atoms with Crippen molar-refractivity contribution in [2.24, 2.45) is 10.9 Å². The van der Waals surface area contributed by atoms with E-state index in [0.717, 1.165) is 37.9 Å². The van der Waals surface area contributed by atoms with E-state index in [1.54, 1.807) is 7.11 Å². The zero-order valence-electron chi connectivity index (χ0n) is 18.9. The summed E-state index contributed by atoms with van der Waals surface area (Å²) in [6, 6.07) is 8.70. The van der Waals surface area contributed by atoms with Crippen LogP contribution in [0.5, 0.6) is 5.75 Å². The molecule has 0 bridgehead atoms. The second-order valence-corrected chi connectivity index (χ2v) is 8.29. The van der Waals surface area contributed by atoms with Gasteiger partial charge in [-0.15, -0.1) is 24.0 Å². The summed E-state index contributed by atoms with van der Waals surface area (Å²) in [5.41, 5.74) is 1.26. The van der Waals surface area contributed by atoms with E-state index in [-0.39, 0.29) is 24.0 Å². The Morgan fingerprint density at radius 1 is 1.20 bits per heavy atom. The first-order valence-corrected chi connectivity index (χ1v) is 11.3. The molecule has 0 radical (unpaired) electrons. The summed E-state index contributed by atoms with van der Waals surface area (Å²) >= 11 is 0. The molecular weight excluding hydrogens is 489 g/mol. The van der Waals surface area contributed by atoms with Crippen LogP contribution in [0.25, 0.3) is 0 Å². The molecule has 2 unspecified atom stereocenters. The van der Waals surface area contributed by atoms with Crippen molar-refractivity contribution in [1.29, 1.82) is 0 Å². The average molecular weight is 530 g/mol. The van der Waals surface area contributed by atoms with Crippen LogP contribution in [0, 0.1) is 5.92 Å². The number of para-hydroxylation sites is 1. The van der Waals surface area contributed by atoms with Crippen LogP contribution >= 0.6 is 24.0 Å². The van der Waals surface area contributed by atoms with Crippen molar-refractivity contribution in [2.75, 3.05) is 60.0 Å². The van der Waals surface area contributed by atoms with E-state index in [4.69, 9.17) is 4.74 Å². The monoisotopic (exact) mass is 529 g/mol. The molecule has 2 atom stereocenters. The second kappa shape index (κ2) is 13.4. The molecule has 170 valence electrons. The van der Waals surface area contributed by atoms with E-state index in [1.165, 1.54) is 50.9 Å². The van der Waals surface area contributed by atoms with Crippen molar-refractivity contribution >= 4 is 29.9 Å². The minimum atomic E-state index is 0. The summed E-state index contributed by atoms with van der Waals surface area (Å²) in [5, 5.41) is 7.15. The number of ether oxygens (including phenoxy) is 1. The molecule has 2 aliphatic heterocycles. The van der Waals surface area contributed by atoms with Gasteiger partial charge >= 0.3 is 0 Å². The zero-order valence-corrected chi connectivity index (χ0v) is 21.2. The van der Waals surface area contributed by atoms with E-state index >= 15 is 0 Å². The summed E-state index contributed by atoms with van der Waals surface area (Å²) in [6.45, 7) is 10.0. The van der Waals surface area contributed by atoms with Gasteiger partial charge in [-0.1, -0.05) is 25.1 Å². The van der Waals surface area contributed by atoms with Crippen molar-refractivity contribution in [3.8, 4) is 5.75 Å². The molecule has 6 nitrogen and oxygen atoms in total. The van der Waals surface area contributed by atoms with Gasteiger partial charge in [-0.05, 0) is 63.8 Å². The smallest absolute Gasteiger partial charge is 0.191 e. The second-order valence-electron chi connectivity index (χ2n) is 8.29. The lowest BCUT2D eigenvalue weighted by atomic mass is 10.0. The molecule has 0 saturated carbocycles. The number of aliphatic imine (C=N–C) groups is 1. The van der Waals surface area contributed by atoms with E-state index in [1.807, 2.05) is 13.1 Å². The topological polar surface area (TPSA) is 52.1 Å². The number of guanidine groups is 1. The number of likely N-dealkylation sites (tertiary alicyclic amines) is 2. The molecule has 3 rings (SSSR count). The van der Waals surface area contributed by atoms with E-state index in [2.05, 4.69) is 50.5 Å². The first kappa shape index (κ1) is 25.2. The Hall–Kier alpha value is -1.06. The number of nitrogens with one attached hydrogen (secondary N) is 2. The third-order valence-electron chi connectivity index (χ3n) is 6.23. The standard InChI is InChI=1S/C23H39N5O.HI/c1-4-12-27-15-11-19(18-27)16-25-23(24-2)26-17-21(28-13-7-8-14-28)20-9-5-6-10-22(20)29-3;/h5-6,9-10,19,21H,4,7-8,11-18H2,1-3H3,(H2,24,25,26);1H. The van der Waals surface area contributed by atoms with Gasteiger partial charge in [0.2, 0.25) is 0 Å². The molecule has 0 aliphatic carbocycles. The molecule has 2 aliphatic rings. The number of nitrogens with zero attached hydrogens (tertiary/aromatic N) is 3. The minimum Gasteiger partial charge on any atom is -0.496 e. The van der Waals surface area contributed by atoms with Gasteiger partial charge in [-0.25, -0.2) is 0 Å². The van der Waals surface area contributed by atoms with Crippen LogP contribution in [0.4, 0.5) is 0 Å². The van der Waals surface area contributed by atoms with Crippen LogP contribution in [-0.2, 0) is 0 Å². The molecular formula is C23H40IN5O. The van der Waals surface area contributed by atoms with Crippen LogP contribution in [-0.4, -0.2) is 75.7 Å². The van der Waals surface area contributed by atoms with Crippen LogP contribution in [0.2, 0.25) is 0 Å². The largest absolute Gasteiger partial charge is 0.496 e. The molecule has 0 aromatic heterocycles. The average Bonchev–Trinajstić information content (AvgIpc) is 3.43. The normalized spacial score (nSPS) is 21.3. The number of hydrogen-bond donors (Lipinski definition) is 2. The maximum Gasteiger partial charge on any atom is 0.191 e. The summed E-state index contributed by atoms with van der Waals surface area (Å²) in [7, 11) is 3.62. The maximum absolute atomic E-state index is 5.66. The van der Waals surface area contributed by atoms with E-state index < -0.39 is 0 Å². The predicted octanol–water partition coefficient (Wildman–Crippen LogP) is 3.35. The highest BCUT2D eigenvalue weighted by molar-refractivity contribution is 14.0. The molecule has 2 N–H and O–H groups in total. The van der Waals surface area contributed by atoms with Crippen LogP contribution in [0.1, 0.15) is 44.2 Å². The number of hydrogen-bond acceptors (Lipinski definition) is 4. The third kappa shape index (κ3) is 6.99. The minimum absolute atomic E-state index is 0. The third-order valence-corrected chi connectivity index (χ3v) is 6.23. The highest BCUT2D eigenvalue weighted by Gasteiger charge is 2.26. The van der Waals surface area contributed by atoms with Gasteiger partial charge in [0.15, 0.2) is 5.96 Å². The highest BCUT2D eigenvalue weighted by atomic mass is 127. The first-order chi connectivity index (χ1) is 14.2. The fraction of sp³-hybridized carbons (Fsp3) is 0.696. The van der Waals surface area contributed by atoms with Crippen molar-refractivity contribution in [3.05, 3.63) is 29.8 Å². The summed E-state index contributed by atoms with van der Waals surface area (Å²) < 4.78 is 5.66. The molecule has 30 heavy (non-hydrogen) atoms. The van der Waals surface area contributed by atoms with Gasteiger partial charge in [0.05, 0.1) is 13.2 Å². The van der Waals surface area contributed by atoms with Gasteiger partial charge in [-0.3, -0.25) is 9.89 Å². The molecule has 1 aromatic carbocycles.